The largest absolute Gasteiger partial charge is 0.424 e. The Morgan fingerprint density at radius 3 is 2.90 bits per heavy atom. The van der Waals surface area contributed by atoms with Gasteiger partial charge in [0.1, 0.15) is 5.52 Å². The number of oxazole rings is 1. The third-order valence-corrected chi connectivity index (χ3v) is 3.09. The van der Waals surface area contributed by atoms with Crippen molar-refractivity contribution < 1.29 is 14.4 Å². The van der Waals surface area contributed by atoms with Crippen molar-refractivity contribution >= 4 is 22.8 Å². The van der Waals surface area contributed by atoms with Gasteiger partial charge in [-0.15, -0.1) is 0 Å². The molecule has 20 heavy (non-hydrogen) atoms. The number of nitrogens with zero attached hydrogens (tertiary/aromatic N) is 2. The lowest BCUT2D eigenvalue weighted by molar-refractivity contribution is -0.384. The number of benzene rings is 1. The van der Waals surface area contributed by atoms with E-state index in [0.29, 0.717) is 30.1 Å². The van der Waals surface area contributed by atoms with Gasteiger partial charge in [0.2, 0.25) is 0 Å². The number of aromatic nitrogens is 1. The lowest BCUT2D eigenvalue weighted by Gasteiger charge is -2.23. The molecule has 1 heterocycles. The molecule has 108 valence electrons. The Morgan fingerprint density at radius 1 is 1.50 bits per heavy atom. The zero-order valence-corrected chi connectivity index (χ0v) is 11.4. The van der Waals surface area contributed by atoms with Crippen LogP contribution < -0.4 is 5.32 Å². The summed E-state index contributed by atoms with van der Waals surface area (Å²) in [5.74, 6) is 0. The predicted octanol–water partition coefficient (Wildman–Crippen LogP) is 2.56. The van der Waals surface area contributed by atoms with Crippen molar-refractivity contribution in [3.8, 4) is 0 Å². The van der Waals surface area contributed by atoms with E-state index >= 15 is 0 Å². The summed E-state index contributed by atoms with van der Waals surface area (Å²) in [4.78, 5) is 14.4. The van der Waals surface area contributed by atoms with Crippen LogP contribution in [0.1, 0.15) is 20.3 Å². The minimum atomic E-state index is -0.467. The summed E-state index contributed by atoms with van der Waals surface area (Å²) in [6.07, 6.45) is 0.658. The first kappa shape index (κ1) is 14.3. The van der Waals surface area contributed by atoms with E-state index in [0.717, 1.165) is 0 Å². The maximum absolute atomic E-state index is 10.7. The highest BCUT2D eigenvalue weighted by Gasteiger charge is 2.18. The van der Waals surface area contributed by atoms with Gasteiger partial charge < -0.3 is 14.8 Å². The Hall–Kier alpha value is -2.15. The lowest BCUT2D eigenvalue weighted by atomic mass is 9.90. The van der Waals surface area contributed by atoms with E-state index < -0.39 is 4.92 Å². The summed E-state index contributed by atoms with van der Waals surface area (Å²) >= 11 is 0. The summed E-state index contributed by atoms with van der Waals surface area (Å²) < 4.78 is 5.47. The third-order valence-electron chi connectivity index (χ3n) is 3.09. The maximum Gasteiger partial charge on any atom is 0.295 e. The fourth-order valence-electron chi connectivity index (χ4n) is 1.81. The summed E-state index contributed by atoms with van der Waals surface area (Å²) in [6.45, 7) is 4.74. The zero-order valence-electron chi connectivity index (χ0n) is 11.4. The molecule has 0 unspecified atom stereocenters. The number of rotatable bonds is 6. The molecular formula is C13H17N3O4. The van der Waals surface area contributed by atoms with Crippen LogP contribution in [-0.2, 0) is 0 Å². The normalized spacial score (nSPS) is 11.8. The van der Waals surface area contributed by atoms with Crippen molar-refractivity contribution in [1.29, 1.82) is 0 Å². The van der Waals surface area contributed by atoms with Gasteiger partial charge in [0.15, 0.2) is 5.58 Å². The van der Waals surface area contributed by atoms with Crippen LogP contribution in [0.25, 0.3) is 11.1 Å². The molecule has 0 aliphatic heterocycles. The van der Waals surface area contributed by atoms with Crippen molar-refractivity contribution in [2.45, 2.75) is 20.3 Å². The Balaban J connectivity index is 2.14. The fraction of sp³-hybridized carbons (Fsp3) is 0.462. The quantitative estimate of drug-likeness (QED) is 0.622. The predicted molar refractivity (Wildman–Crippen MR) is 74.6 cm³/mol. The van der Waals surface area contributed by atoms with Crippen molar-refractivity contribution in [3.05, 3.63) is 28.3 Å². The van der Waals surface area contributed by atoms with Gasteiger partial charge >= 0.3 is 0 Å². The van der Waals surface area contributed by atoms with Gasteiger partial charge in [-0.3, -0.25) is 10.1 Å². The lowest BCUT2D eigenvalue weighted by Crippen LogP contribution is -2.24. The molecule has 1 aromatic carbocycles. The number of hydrogen-bond donors (Lipinski definition) is 2. The average Bonchev–Trinajstić information content (AvgIpc) is 2.78. The van der Waals surface area contributed by atoms with Gasteiger partial charge in [-0.2, -0.15) is 4.98 Å². The minimum absolute atomic E-state index is 0.0158. The summed E-state index contributed by atoms with van der Waals surface area (Å²) in [6, 6.07) is 4.62. The number of aliphatic hydroxyl groups excluding tert-OH is 1. The summed E-state index contributed by atoms with van der Waals surface area (Å²) in [7, 11) is 0. The van der Waals surface area contributed by atoms with Crippen LogP contribution in [0.4, 0.5) is 11.7 Å². The molecule has 2 N–H and O–H groups in total. The van der Waals surface area contributed by atoms with Gasteiger partial charge in [0.05, 0.1) is 4.92 Å². The van der Waals surface area contributed by atoms with E-state index in [-0.39, 0.29) is 17.7 Å². The zero-order chi connectivity index (χ0) is 14.8. The smallest absolute Gasteiger partial charge is 0.295 e. The Labute approximate surface area is 115 Å². The van der Waals surface area contributed by atoms with E-state index in [1.165, 1.54) is 18.2 Å². The van der Waals surface area contributed by atoms with Crippen LogP contribution in [-0.4, -0.2) is 28.2 Å². The monoisotopic (exact) mass is 279 g/mol. The molecule has 0 fully saturated rings. The number of hydrogen-bond acceptors (Lipinski definition) is 6. The van der Waals surface area contributed by atoms with E-state index in [2.05, 4.69) is 10.3 Å². The molecule has 0 saturated heterocycles. The van der Waals surface area contributed by atoms with Gasteiger partial charge in [-0.1, -0.05) is 13.8 Å². The van der Waals surface area contributed by atoms with Gasteiger partial charge in [0, 0.05) is 25.3 Å². The van der Waals surface area contributed by atoms with E-state index in [1.807, 2.05) is 13.8 Å². The first-order valence-corrected chi connectivity index (χ1v) is 6.31. The SMILES string of the molecule is CC(C)(CCO)CNc1nc2cc([N+](=O)[O-])ccc2o1. The Kier molecular flexibility index (Phi) is 3.89. The maximum atomic E-state index is 10.7. The molecule has 0 radical (unpaired) electrons. The second kappa shape index (κ2) is 5.46. The van der Waals surface area contributed by atoms with Crippen LogP contribution >= 0.6 is 0 Å². The van der Waals surface area contributed by atoms with Crippen LogP contribution in [0, 0.1) is 15.5 Å². The topological polar surface area (TPSA) is 101 Å². The molecule has 0 saturated carbocycles. The molecule has 2 aromatic rings. The molecule has 0 amide bonds. The minimum Gasteiger partial charge on any atom is -0.424 e. The van der Waals surface area contributed by atoms with E-state index in [9.17, 15) is 10.1 Å². The van der Waals surface area contributed by atoms with Gasteiger partial charge in [-0.05, 0) is 17.9 Å². The van der Waals surface area contributed by atoms with Crippen LogP contribution in [0.2, 0.25) is 0 Å². The second-order valence-corrected chi connectivity index (χ2v) is 5.42. The van der Waals surface area contributed by atoms with Crippen molar-refractivity contribution in [3.63, 3.8) is 0 Å². The Morgan fingerprint density at radius 2 is 2.25 bits per heavy atom. The highest BCUT2D eigenvalue weighted by atomic mass is 16.6. The summed E-state index contributed by atoms with van der Waals surface area (Å²) in [5, 5.41) is 22.7. The summed E-state index contributed by atoms with van der Waals surface area (Å²) in [5.41, 5.74) is 0.833. The van der Waals surface area contributed by atoms with E-state index in [1.54, 1.807) is 0 Å². The molecule has 1 aromatic heterocycles. The molecule has 0 aliphatic carbocycles. The first-order valence-electron chi connectivity index (χ1n) is 6.31. The number of nitrogens with one attached hydrogen (secondary N) is 1. The molecule has 7 nitrogen and oxygen atoms in total. The van der Waals surface area contributed by atoms with Gasteiger partial charge in [0.25, 0.3) is 11.7 Å². The number of nitro groups is 1. The molecule has 0 atom stereocenters. The number of non-ortho nitro benzene ring substituents is 1. The number of fused-ring (bicyclic) bond motifs is 1. The van der Waals surface area contributed by atoms with Crippen molar-refractivity contribution in [2.24, 2.45) is 5.41 Å². The molecule has 0 aliphatic rings. The number of anilines is 1. The van der Waals surface area contributed by atoms with Crippen molar-refractivity contribution in [1.82, 2.24) is 4.98 Å². The first-order chi connectivity index (χ1) is 9.41. The van der Waals surface area contributed by atoms with E-state index in [4.69, 9.17) is 9.52 Å². The van der Waals surface area contributed by atoms with Crippen LogP contribution in [0.5, 0.6) is 0 Å². The number of nitro benzene ring substituents is 1. The standard InChI is InChI=1S/C13H17N3O4/c1-13(2,5-6-17)8-14-12-15-10-7-9(16(18)19)3-4-11(10)20-12/h3-4,7,17H,5-6,8H2,1-2H3,(H,14,15). The van der Waals surface area contributed by atoms with Crippen molar-refractivity contribution in [2.75, 3.05) is 18.5 Å². The second-order valence-electron chi connectivity index (χ2n) is 5.42. The molecule has 2 rings (SSSR count). The number of aliphatic hydroxyl groups is 1. The fourth-order valence-corrected chi connectivity index (χ4v) is 1.81. The third kappa shape index (κ3) is 3.24. The van der Waals surface area contributed by atoms with Crippen LogP contribution in [0.3, 0.4) is 0 Å². The molecule has 0 spiro atoms. The highest BCUT2D eigenvalue weighted by Crippen LogP contribution is 2.25. The molecule has 0 bridgehead atoms. The highest BCUT2D eigenvalue weighted by molar-refractivity contribution is 5.77. The molecular weight excluding hydrogens is 262 g/mol. The van der Waals surface area contributed by atoms with Crippen LogP contribution in [0.15, 0.2) is 22.6 Å². The molecule has 7 heteroatoms. The average molecular weight is 279 g/mol. The Bertz CT molecular complexity index is 621. The van der Waals surface area contributed by atoms with Gasteiger partial charge in [-0.25, -0.2) is 0 Å².